The largest absolute Gasteiger partial charge is 0.313 e. The summed E-state index contributed by atoms with van der Waals surface area (Å²) in [6, 6.07) is 0. The average Bonchev–Trinajstić information content (AvgIpc) is 2.52. The summed E-state index contributed by atoms with van der Waals surface area (Å²) in [4.78, 5) is 0. The van der Waals surface area contributed by atoms with E-state index in [4.69, 9.17) is 0 Å². The van der Waals surface area contributed by atoms with Crippen molar-refractivity contribution in [3.8, 4) is 0 Å². The molecule has 16 heavy (non-hydrogen) atoms. The van der Waals surface area contributed by atoms with Crippen molar-refractivity contribution in [3.05, 3.63) is 17.5 Å². The molecule has 0 aliphatic carbocycles. The monoisotopic (exact) mass is 223 g/mol. The van der Waals surface area contributed by atoms with Gasteiger partial charge in [0.1, 0.15) is 0 Å². The number of aromatic nitrogens is 2. The molecule has 0 atom stereocenters. The Labute approximate surface area is 99.2 Å². The lowest BCUT2D eigenvalue weighted by Gasteiger charge is -2.17. The van der Waals surface area contributed by atoms with Crippen molar-refractivity contribution in [2.45, 2.75) is 54.1 Å². The molecule has 3 nitrogen and oxygen atoms in total. The Morgan fingerprint density at radius 2 is 2.06 bits per heavy atom. The summed E-state index contributed by atoms with van der Waals surface area (Å²) >= 11 is 0. The van der Waals surface area contributed by atoms with E-state index < -0.39 is 0 Å². The molecule has 0 radical (unpaired) electrons. The smallest absolute Gasteiger partial charge is 0.0638 e. The quantitative estimate of drug-likeness (QED) is 0.832. The predicted molar refractivity (Wildman–Crippen MR) is 68.4 cm³/mol. The Morgan fingerprint density at radius 1 is 1.38 bits per heavy atom. The Hall–Kier alpha value is -0.830. The summed E-state index contributed by atoms with van der Waals surface area (Å²) in [5.41, 5.74) is 2.84. The molecule has 0 saturated heterocycles. The second-order valence-electron chi connectivity index (χ2n) is 5.59. The van der Waals surface area contributed by atoms with Gasteiger partial charge in [-0.2, -0.15) is 5.10 Å². The molecule has 0 unspecified atom stereocenters. The van der Waals surface area contributed by atoms with Gasteiger partial charge in [-0.05, 0) is 25.3 Å². The van der Waals surface area contributed by atoms with Crippen LogP contribution < -0.4 is 5.32 Å². The highest BCUT2D eigenvalue weighted by Crippen LogP contribution is 2.19. The van der Waals surface area contributed by atoms with Gasteiger partial charge in [0.2, 0.25) is 0 Å². The van der Waals surface area contributed by atoms with Gasteiger partial charge in [0, 0.05) is 24.8 Å². The minimum atomic E-state index is 0.377. The molecular weight excluding hydrogens is 198 g/mol. The number of aryl methyl sites for hydroxylation is 2. The predicted octanol–water partition coefficient (Wildman–Crippen LogP) is 2.74. The van der Waals surface area contributed by atoms with Crippen LogP contribution in [0.25, 0.3) is 0 Å². The maximum atomic E-state index is 4.54. The van der Waals surface area contributed by atoms with E-state index in [0.29, 0.717) is 5.41 Å². The fourth-order valence-electron chi connectivity index (χ4n) is 1.56. The molecule has 1 heterocycles. The first kappa shape index (κ1) is 13.2. The van der Waals surface area contributed by atoms with Crippen molar-refractivity contribution in [1.29, 1.82) is 0 Å². The zero-order valence-electron chi connectivity index (χ0n) is 11.3. The maximum Gasteiger partial charge on any atom is 0.0638 e. The van der Waals surface area contributed by atoms with Gasteiger partial charge in [-0.25, -0.2) is 0 Å². The second kappa shape index (κ2) is 5.48. The standard InChI is InChI=1S/C13H25N3/c1-6-14-9-12-10-16(15-11(12)2)8-7-13(3,4)5/h10,14H,6-9H2,1-5H3. The van der Waals surface area contributed by atoms with Crippen molar-refractivity contribution in [2.24, 2.45) is 5.41 Å². The number of nitrogens with one attached hydrogen (secondary N) is 1. The van der Waals surface area contributed by atoms with Gasteiger partial charge in [0.05, 0.1) is 5.69 Å². The molecule has 1 aromatic rings. The Morgan fingerprint density at radius 3 is 2.62 bits per heavy atom. The van der Waals surface area contributed by atoms with E-state index in [1.165, 1.54) is 5.56 Å². The van der Waals surface area contributed by atoms with Crippen LogP contribution in [0.2, 0.25) is 0 Å². The van der Waals surface area contributed by atoms with Crippen molar-refractivity contribution < 1.29 is 0 Å². The van der Waals surface area contributed by atoms with Crippen molar-refractivity contribution in [3.63, 3.8) is 0 Å². The molecule has 0 amide bonds. The lowest BCUT2D eigenvalue weighted by atomic mass is 9.92. The summed E-state index contributed by atoms with van der Waals surface area (Å²) in [6.07, 6.45) is 3.33. The maximum absolute atomic E-state index is 4.54. The molecule has 0 saturated carbocycles. The summed E-state index contributed by atoms with van der Waals surface area (Å²) in [6.45, 7) is 14.0. The normalized spacial score (nSPS) is 12.1. The minimum Gasteiger partial charge on any atom is -0.313 e. The zero-order chi connectivity index (χ0) is 12.2. The van der Waals surface area contributed by atoms with Gasteiger partial charge >= 0.3 is 0 Å². The van der Waals surface area contributed by atoms with Crippen LogP contribution in [-0.2, 0) is 13.1 Å². The molecule has 0 spiro atoms. The number of nitrogens with zero attached hydrogens (tertiary/aromatic N) is 2. The number of hydrogen-bond acceptors (Lipinski definition) is 2. The topological polar surface area (TPSA) is 29.9 Å². The molecule has 3 heteroatoms. The van der Waals surface area contributed by atoms with Crippen LogP contribution >= 0.6 is 0 Å². The van der Waals surface area contributed by atoms with Crippen LogP contribution in [-0.4, -0.2) is 16.3 Å². The van der Waals surface area contributed by atoms with Crippen LogP contribution in [0.1, 0.15) is 45.4 Å². The number of rotatable bonds is 5. The first-order valence-electron chi connectivity index (χ1n) is 6.16. The van der Waals surface area contributed by atoms with Crippen LogP contribution in [0.5, 0.6) is 0 Å². The van der Waals surface area contributed by atoms with Crippen LogP contribution in [0.4, 0.5) is 0 Å². The second-order valence-corrected chi connectivity index (χ2v) is 5.59. The van der Waals surface area contributed by atoms with E-state index >= 15 is 0 Å². The molecule has 1 rings (SSSR count). The van der Waals surface area contributed by atoms with Gasteiger partial charge in [-0.15, -0.1) is 0 Å². The third-order valence-electron chi connectivity index (χ3n) is 2.70. The molecule has 92 valence electrons. The van der Waals surface area contributed by atoms with Crippen molar-refractivity contribution >= 4 is 0 Å². The van der Waals surface area contributed by atoms with E-state index in [0.717, 1.165) is 31.7 Å². The Balaban J connectivity index is 2.55. The van der Waals surface area contributed by atoms with E-state index in [9.17, 15) is 0 Å². The summed E-state index contributed by atoms with van der Waals surface area (Å²) in [5, 5.41) is 7.88. The van der Waals surface area contributed by atoms with Crippen LogP contribution in [0.15, 0.2) is 6.20 Å². The highest BCUT2D eigenvalue weighted by Gasteiger charge is 2.11. The summed E-state index contributed by atoms with van der Waals surface area (Å²) < 4.78 is 2.08. The zero-order valence-corrected chi connectivity index (χ0v) is 11.3. The highest BCUT2D eigenvalue weighted by molar-refractivity contribution is 5.14. The van der Waals surface area contributed by atoms with Gasteiger partial charge in [0.15, 0.2) is 0 Å². The third-order valence-corrected chi connectivity index (χ3v) is 2.70. The van der Waals surface area contributed by atoms with Gasteiger partial charge in [0.25, 0.3) is 0 Å². The van der Waals surface area contributed by atoms with E-state index in [-0.39, 0.29) is 0 Å². The van der Waals surface area contributed by atoms with Gasteiger partial charge < -0.3 is 5.32 Å². The fraction of sp³-hybridized carbons (Fsp3) is 0.769. The SMILES string of the molecule is CCNCc1cn(CCC(C)(C)C)nc1C. The molecule has 0 aliphatic heterocycles. The molecule has 0 aliphatic rings. The molecule has 1 N–H and O–H groups in total. The lowest BCUT2D eigenvalue weighted by molar-refractivity contribution is 0.340. The fourth-order valence-corrected chi connectivity index (χ4v) is 1.56. The molecule has 1 aromatic heterocycles. The summed E-state index contributed by atoms with van der Waals surface area (Å²) in [7, 11) is 0. The van der Waals surface area contributed by atoms with Gasteiger partial charge in [-0.1, -0.05) is 27.7 Å². The molecule has 0 fully saturated rings. The first-order chi connectivity index (χ1) is 7.42. The average molecular weight is 223 g/mol. The van der Waals surface area contributed by atoms with Crippen LogP contribution in [0, 0.1) is 12.3 Å². The van der Waals surface area contributed by atoms with Crippen molar-refractivity contribution in [2.75, 3.05) is 6.54 Å². The first-order valence-corrected chi connectivity index (χ1v) is 6.16. The van der Waals surface area contributed by atoms with E-state index in [1.54, 1.807) is 0 Å². The molecule has 0 bridgehead atoms. The number of hydrogen-bond donors (Lipinski definition) is 1. The van der Waals surface area contributed by atoms with Gasteiger partial charge in [-0.3, -0.25) is 4.68 Å². The third kappa shape index (κ3) is 4.35. The van der Waals surface area contributed by atoms with E-state index in [1.807, 2.05) is 0 Å². The summed E-state index contributed by atoms with van der Waals surface area (Å²) in [5.74, 6) is 0. The minimum absolute atomic E-state index is 0.377. The molecular formula is C13H25N3. The Kier molecular flexibility index (Phi) is 4.54. The molecule has 0 aromatic carbocycles. The lowest BCUT2D eigenvalue weighted by Crippen LogP contribution is -2.12. The van der Waals surface area contributed by atoms with E-state index in [2.05, 4.69) is 55.9 Å². The van der Waals surface area contributed by atoms with Crippen LogP contribution in [0.3, 0.4) is 0 Å². The highest BCUT2D eigenvalue weighted by atomic mass is 15.3. The Bertz CT molecular complexity index is 320. The van der Waals surface area contributed by atoms with Crippen molar-refractivity contribution in [1.82, 2.24) is 15.1 Å².